The summed E-state index contributed by atoms with van der Waals surface area (Å²) in [5.74, 6) is -0.456. The lowest BCUT2D eigenvalue weighted by Gasteiger charge is -2.07. The Kier molecular flexibility index (Phi) is 4.44. The molecule has 21 heavy (non-hydrogen) atoms. The lowest BCUT2D eigenvalue weighted by atomic mass is 10.2. The zero-order valence-electron chi connectivity index (χ0n) is 11.2. The van der Waals surface area contributed by atoms with Crippen molar-refractivity contribution in [1.29, 1.82) is 0 Å². The number of ether oxygens (including phenoxy) is 1. The number of hydrogen-bond donors (Lipinski definition) is 2. The Balaban J connectivity index is 2.27. The number of carboxylic acids is 1. The van der Waals surface area contributed by atoms with E-state index in [-0.39, 0.29) is 5.95 Å². The van der Waals surface area contributed by atoms with Gasteiger partial charge in [-0.1, -0.05) is 11.6 Å². The van der Waals surface area contributed by atoms with E-state index in [1.807, 2.05) is 0 Å². The molecule has 0 amide bonds. The normalized spacial score (nSPS) is 11.0. The highest BCUT2D eigenvalue weighted by atomic mass is 35.5. The van der Waals surface area contributed by atoms with Gasteiger partial charge in [0.15, 0.2) is 6.61 Å². The highest BCUT2D eigenvalue weighted by Crippen LogP contribution is 2.21. The van der Waals surface area contributed by atoms with Crippen LogP contribution in [0.15, 0.2) is 29.5 Å². The Morgan fingerprint density at radius 2 is 2.38 bits per heavy atom. The van der Waals surface area contributed by atoms with Crippen molar-refractivity contribution in [2.75, 3.05) is 12.3 Å². The number of aromatic nitrogens is 2. The summed E-state index contributed by atoms with van der Waals surface area (Å²) in [6.45, 7) is 1.35. The van der Waals surface area contributed by atoms with Gasteiger partial charge in [-0.25, -0.2) is 14.5 Å². The third kappa shape index (κ3) is 3.96. The molecule has 3 N–H and O–H groups in total. The van der Waals surface area contributed by atoms with Gasteiger partial charge in [-0.3, -0.25) is 0 Å². The second kappa shape index (κ2) is 6.27. The van der Waals surface area contributed by atoms with Crippen LogP contribution in [0.25, 0.3) is 0 Å². The van der Waals surface area contributed by atoms with E-state index in [4.69, 9.17) is 27.2 Å². The van der Waals surface area contributed by atoms with Crippen molar-refractivity contribution in [3.8, 4) is 5.75 Å². The number of aryl methyl sites for hydroxylation is 1. The summed E-state index contributed by atoms with van der Waals surface area (Å²) >= 11 is 5.92. The van der Waals surface area contributed by atoms with Crippen LogP contribution in [0.1, 0.15) is 11.3 Å². The van der Waals surface area contributed by atoms with Crippen LogP contribution in [-0.4, -0.2) is 33.6 Å². The number of nitrogens with zero attached hydrogens (tertiary/aromatic N) is 3. The Hall–Kier alpha value is -2.54. The highest BCUT2D eigenvalue weighted by molar-refractivity contribution is 6.30. The van der Waals surface area contributed by atoms with Crippen LogP contribution >= 0.6 is 11.6 Å². The standard InChI is InChI=1S/C13H13ClN4O3/c1-8-6-18(13(15)17-8)16-5-9-4-10(14)2-3-11(9)21-7-12(19)20/h2-6H,7H2,1H3,(H2,15,17)(H,19,20). The molecule has 0 unspecified atom stereocenters. The number of aliphatic carboxylic acids is 1. The Morgan fingerprint density at radius 3 is 3.00 bits per heavy atom. The fourth-order valence-electron chi connectivity index (χ4n) is 1.61. The predicted molar refractivity (Wildman–Crippen MR) is 79.0 cm³/mol. The molecule has 0 spiro atoms. The molecule has 0 aliphatic rings. The second-order valence-corrected chi connectivity index (χ2v) is 4.63. The summed E-state index contributed by atoms with van der Waals surface area (Å²) in [6.07, 6.45) is 3.13. The SMILES string of the molecule is Cc1cn(N=Cc2cc(Cl)ccc2OCC(=O)O)c(N)n1. The molecule has 0 aliphatic carbocycles. The van der Waals surface area contributed by atoms with Crippen LogP contribution in [0.2, 0.25) is 5.02 Å². The quantitative estimate of drug-likeness (QED) is 0.819. The average molecular weight is 309 g/mol. The van der Waals surface area contributed by atoms with Crippen LogP contribution in [0.3, 0.4) is 0 Å². The molecule has 110 valence electrons. The van der Waals surface area contributed by atoms with Crippen LogP contribution in [0.4, 0.5) is 5.95 Å². The molecule has 2 aromatic rings. The predicted octanol–water partition coefficient (Wildman–Crippen LogP) is 1.77. The van der Waals surface area contributed by atoms with Crippen molar-refractivity contribution in [3.63, 3.8) is 0 Å². The molecule has 0 bridgehead atoms. The average Bonchev–Trinajstić information content (AvgIpc) is 2.73. The number of benzene rings is 1. The number of rotatable bonds is 5. The third-order valence-electron chi connectivity index (χ3n) is 2.48. The summed E-state index contributed by atoms with van der Waals surface area (Å²) in [5, 5.41) is 13.3. The van der Waals surface area contributed by atoms with Gasteiger partial charge in [0.1, 0.15) is 5.75 Å². The van der Waals surface area contributed by atoms with Gasteiger partial charge in [-0.2, -0.15) is 5.10 Å². The number of carbonyl (C=O) groups is 1. The van der Waals surface area contributed by atoms with E-state index in [0.717, 1.165) is 5.69 Å². The number of nitrogen functional groups attached to an aromatic ring is 1. The van der Waals surface area contributed by atoms with Crippen molar-refractivity contribution >= 4 is 29.7 Å². The van der Waals surface area contributed by atoms with Crippen LogP contribution in [0, 0.1) is 6.92 Å². The molecule has 0 saturated heterocycles. The Morgan fingerprint density at radius 1 is 1.62 bits per heavy atom. The van der Waals surface area contributed by atoms with Crippen molar-refractivity contribution in [2.45, 2.75) is 6.92 Å². The molecule has 1 aromatic heterocycles. The summed E-state index contributed by atoms with van der Waals surface area (Å²) < 4.78 is 6.57. The largest absolute Gasteiger partial charge is 0.481 e. The molecule has 1 aromatic carbocycles. The number of carboxylic acid groups (broad SMARTS) is 1. The first-order chi connectivity index (χ1) is 9.95. The van der Waals surface area contributed by atoms with Gasteiger partial charge in [0, 0.05) is 10.6 Å². The molecule has 1 heterocycles. The van der Waals surface area contributed by atoms with Gasteiger partial charge in [-0.05, 0) is 25.1 Å². The number of anilines is 1. The first kappa shape index (κ1) is 14.9. The number of hydrogen-bond acceptors (Lipinski definition) is 5. The lowest BCUT2D eigenvalue weighted by molar-refractivity contribution is -0.139. The zero-order valence-corrected chi connectivity index (χ0v) is 11.9. The minimum Gasteiger partial charge on any atom is -0.481 e. The van der Waals surface area contributed by atoms with Gasteiger partial charge in [0.2, 0.25) is 5.95 Å². The fourth-order valence-corrected chi connectivity index (χ4v) is 1.79. The van der Waals surface area contributed by atoms with E-state index in [1.54, 1.807) is 31.3 Å². The van der Waals surface area contributed by atoms with E-state index in [0.29, 0.717) is 16.3 Å². The molecule has 0 saturated carbocycles. The van der Waals surface area contributed by atoms with Crippen molar-refractivity contribution < 1.29 is 14.6 Å². The summed E-state index contributed by atoms with van der Waals surface area (Å²) in [5.41, 5.74) is 6.95. The third-order valence-corrected chi connectivity index (χ3v) is 2.71. The summed E-state index contributed by atoms with van der Waals surface area (Å²) in [4.78, 5) is 14.6. The Bertz CT molecular complexity index is 697. The fraction of sp³-hybridized carbons (Fsp3) is 0.154. The van der Waals surface area contributed by atoms with Crippen LogP contribution in [-0.2, 0) is 4.79 Å². The van der Waals surface area contributed by atoms with Crippen molar-refractivity contribution in [2.24, 2.45) is 5.10 Å². The molecule has 8 heteroatoms. The van der Waals surface area contributed by atoms with Gasteiger partial charge >= 0.3 is 5.97 Å². The highest BCUT2D eigenvalue weighted by Gasteiger charge is 2.06. The smallest absolute Gasteiger partial charge is 0.341 e. The number of nitrogens with two attached hydrogens (primary N) is 1. The molecule has 2 rings (SSSR count). The second-order valence-electron chi connectivity index (χ2n) is 4.19. The van der Waals surface area contributed by atoms with Gasteiger partial charge < -0.3 is 15.6 Å². The number of imidazole rings is 1. The molecule has 0 atom stereocenters. The molecular formula is C13H13ClN4O3. The maximum Gasteiger partial charge on any atom is 0.341 e. The monoisotopic (exact) mass is 308 g/mol. The van der Waals surface area contributed by atoms with Crippen molar-refractivity contribution in [3.05, 3.63) is 40.7 Å². The first-order valence-corrected chi connectivity index (χ1v) is 6.33. The van der Waals surface area contributed by atoms with Gasteiger partial charge in [0.05, 0.1) is 18.1 Å². The number of halogens is 1. The molecule has 0 radical (unpaired) electrons. The Labute approximate surface area is 125 Å². The van der Waals surface area contributed by atoms with E-state index in [2.05, 4.69) is 10.1 Å². The minimum atomic E-state index is -1.07. The van der Waals surface area contributed by atoms with E-state index in [1.165, 1.54) is 10.9 Å². The maximum absolute atomic E-state index is 10.6. The minimum absolute atomic E-state index is 0.249. The van der Waals surface area contributed by atoms with Crippen molar-refractivity contribution in [1.82, 2.24) is 9.66 Å². The van der Waals surface area contributed by atoms with Crippen LogP contribution in [0.5, 0.6) is 5.75 Å². The first-order valence-electron chi connectivity index (χ1n) is 5.95. The summed E-state index contributed by atoms with van der Waals surface area (Å²) in [7, 11) is 0. The van der Waals surface area contributed by atoms with Crippen LogP contribution < -0.4 is 10.5 Å². The van der Waals surface area contributed by atoms with E-state index < -0.39 is 12.6 Å². The molecule has 0 aliphatic heterocycles. The van der Waals surface area contributed by atoms with E-state index in [9.17, 15) is 4.79 Å². The molecule has 7 nitrogen and oxygen atoms in total. The lowest BCUT2D eigenvalue weighted by Crippen LogP contribution is -2.10. The molecular weight excluding hydrogens is 296 g/mol. The molecule has 0 fully saturated rings. The van der Waals surface area contributed by atoms with E-state index >= 15 is 0 Å². The van der Waals surface area contributed by atoms with Gasteiger partial charge in [-0.15, -0.1) is 0 Å². The zero-order chi connectivity index (χ0) is 15.4. The summed E-state index contributed by atoms with van der Waals surface area (Å²) in [6, 6.07) is 4.79. The van der Waals surface area contributed by atoms with Gasteiger partial charge in [0.25, 0.3) is 0 Å². The maximum atomic E-state index is 10.6. The topological polar surface area (TPSA) is 103 Å².